The van der Waals surface area contributed by atoms with Crippen molar-refractivity contribution in [2.24, 2.45) is 5.41 Å². The molecule has 0 aliphatic carbocycles. The monoisotopic (exact) mass is 250 g/mol. The number of ketones is 1. The topological polar surface area (TPSA) is 63.6 Å². The Bertz CT molecular complexity index is 445. The summed E-state index contributed by atoms with van der Waals surface area (Å²) in [6.07, 6.45) is -0.981. The van der Waals surface area contributed by atoms with Crippen LogP contribution in [0, 0.1) is 5.41 Å². The summed E-state index contributed by atoms with van der Waals surface area (Å²) >= 11 is 0. The van der Waals surface area contributed by atoms with Crippen molar-refractivity contribution in [1.82, 2.24) is 0 Å². The van der Waals surface area contributed by atoms with E-state index in [9.17, 15) is 14.7 Å². The van der Waals surface area contributed by atoms with Gasteiger partial charge in [-0.2, -0.15) is 0 Å². The molecular weight excluding hydrogens is 232 g/mol. The van der Waals surface area contributed by atoms with Crippen LogP contribution in [0.2, 0.25) is 0 Å². The van der Waals surface area contributed by atoms with Gasteiger partial charge in [-0.3, -0.25) is 9.59 Å². The second-order valence-corrected chi connectivity index (χ2v) is 4.79. The first-order valence-electron chi connectivity index (χ1n) is 5.68. The number of carbonyl (C=O) groups is 2. The van der Waals surface area contributed by atoms with Crippen molar-refractivity contribution in [3.8, 4) is 0 Å². The number of benzene rings is 1. The summed E-state index contributed by atoms with van der Waals surface area (Å²) in [6.45, 7) is 4.70. The molecule has 0 fully saturated rings. The van der Waals surface area contributed by atoms with Gasteiger partial charge in [-0.25, -0.2) is 0 Å². The molecule has 1 unspecified atom stereocenters. The highest BCUT2D eigenvalue weighted by Gasteiger charge is 2.37. The maximum Gasteiger partial charge on any atom is 0.314 e. The van der Waals surface area contributed by atoms with Crippen molar-refractivity contribution >= 4 is 11.8 Å². The second kappa shape index (κ2) is 5.31. The van der Waals surface area contributed by atoms with Crippen LogP contribution in [0.5, 0.6) is 0 Å². The third-order valence-electron chi connectivity index (χ3n) is 3.03. The molecule has 1 atom stereocenters. The maximum atomic E-state index is 11.6. The highest BCUT2D eigenvalue weighted by atomic mass is 16.5. The number of ether oxygens (including phenoxy) is 1. The normalized spacial score (nSPS) is 12.9. The minimum absolute atomic E-state index is 0.0386. The molecule has 0 saturated heterocycles. The fraction of sp³-hybridized carbons (Fsp3) is 0.429. The van der Waals surface area contributed by atoms with Crippen LogP contribution in [-0.4, -0.2) is 24.0 Å². The molecule has 1 aromatic rings. The predicted molar refractivity (Wildman–Crippen MR) is 67.2 cm³/mol. The molecule has 0 saturated carbocycles. The van der Waals surface area contributed by atoms with Gasteiger partial charge >= 0.3 is 5.97 Å². The fourth-order valence-corrected chi connectivity index (χ4v) is 1.69. The largest absolute Gasteiger partial charge is 0.469 e. The molecule has 18 heavy (non-hydrogen) atoms. The lowest BCUT2D eigenvalue weighted by Crippen LogP contribution is -2.32. The summed E-state index contributed by atoms with van der Waals surface area (Å²) in [4.78, 5) is 22.7. The van der Waals surface area contributed by atoms with E-state index in [4.69, 9.17) is 0 Å². The zero-order valence-electron chi connectivity index (χ0n) is 11.1. The average molecular weight is 250 g/mol. The summed E-state index contributed by atoms with van der Waals surface area (Å²) < 4.78 is 4.67. The standard InChI is InChI=1S/C14H18O4/c1-9(15)10-5-7-11(8-6-10)12(16)14(2,3)13(17)18-4/h5-8,12,16H,1-4H3. The Labute approximate surface area is 107 Å². The van der Waals surface area contributed by atoms with Crippen molar-refractivity contribution in [2.75, 3.05) is 7.11 Å². The SMILES string of the molecule is COC(=O)C(C)(C)C(O)c1ccc(C(C)=O)cc1. The number of aliphatic hydroxyl groups is 1. The highest BCUT2D eigenvalue weighted by molar-refractivity contribution is 5.94. The van der Waals surface area contributed by atoms with Gasteiger partial charge in [0.1, 0.15) is 0 Å². The smallest absolute Gasteiger partial charge is 0.314 e. The Morgan fingerprint density at radius 1 is 1.22 bits per heavy atom. The van der Waals surface area contributed by atoms with Crippen molar-refractivity contribution in [3.63, 3.8) is 0 Å². The zero-order chi connectivity index (χ0) is 13.9. The van der Waals surface area contributed by atoms with Gasteiger partial charge < -0.3 is 9.84 Å². The molecular formula is C14H18O4. The molecule has 0 aromatic heterocycles. The molecule has 1 rings (SSSR count). The Kier molecular flexibility index (Phi) is 4.24. The van der Waals surface area contributed by atoms with Crippen LogP contribution in [0.15, 0.2) is 24.3 Å². The first-order chi connectivity index (χ1) is 8.30. The van der Waals surface area contributed by atoms with Crippen LogP contribution in [0.4, 0.5) is 0 Å². The number of aliphatic hydroxyl groups excluding tert-OH is 1. The Balaban J connectivity index is 3.00. The summed E-state index contributed by atoms with van der Waals surface area (Å²) in [5.74, 6) is -0.520. The maximum absolute atomic E-state index is 11.6. The molecule has 0 radical (unpaired) electrons. The third kappa shape index (κ3) is 2.76. The van der Waals surface area contributed by atoms with E-state index in [-0.39, 0.29) is 5.78 Å². The van der Waals surface area contributed by atoms with E-state index in [2.05, 4.69) is 4.74 Å². The van der Waals surface area contributed by atoms with Crippen molar-refractivity contribution in [1.29, 1.82) is 0 Å². The van der Waals surface area contributed by atoms with E-state index >= 15 is 0 Å². The lowest BCUT2D eigenvalue weighted by Gasteiger charge is -2.27. The number of methoxy groups -OCH3 is 1. The number of esters is 1. The number of rotatable bonds is 4. The third-order valence-corrected chi connectivity index (χ3v) is 3.03. The van der Waals surface area contributed by atoms with Gasteiger partial charge in [0.25, 0.3) is 0 Å². The van der Waals surface area contributed by atoms with Crippen molar-refractivity contribution in [2.45, 2.75) is 26.9 Å². The molecule has 4 heteroatoms. The first kappa shape index (κ1) is 14.4. The molecule has 1 aromatic carbocycles. The quantitative estimate of drug-likeness (QED) is 0.656. The molecule has 0 bridgehead atoms. The van der Waals surface area contributed by atoms with Crippen LogP contribution in [0.3, 0.4) is 0 Å². The minimum Gasteiger partial charge on any atom is -0.469 e. The molecule has 4 nitrogen and oxygen atoms in total. The van der Waals surface area contributed by atoms with Gasteiger partial charge in [-0.15, -0.1) is 0 Å². The Morgan fingerprint density at radius 2 is 1.72 bits per heavy atom. The number of hydrogen-bond donors (Lipinski definition) is 1. The first-order valence-corrected chi connectivity index (χ1v) is 5.68. The Hall–Kier alpha value is -1.68. The van der Waals surface area contributed by atoms with E-state index in [0.29, 0.717) is 11.1 Å². The molecule has 0 aliphatic heterocycles. The zero-order valence-corrected chi connectivity index (χ0v) is 11.1. The van der Waals surface area contributed by atoms with E-state index in [1.807, 2.05) is 0 Å². The highest BCUT2D eigenvalue weighted by Crippen LogP contribution is 2.34. The van der Waals surface area contributed by atoms with Gasteiger partial charge in [-0.05, 0) is 26.3 Å². The van der Waals surface area contributed by atoms with E-state index in [1.54, 1.807) is 38.1 Å². The number of hydrogen-bond acceptors (Lipinski definition) is 4. The fourth-order valence-electron chi connectivity index (χ4n) is 1.69. The van der Waals surface area contributed by atoms with Crippen LogP contribution < -0.4 is 0 Å². The van der Waals surface area contributed by atoms with Crippen LogP contribution >= 0.6 is 0 Å². The molecule has 0 spiro atoms. The summed E-state index contributed by atoms with van der Waals surface area (Å²) in [6, 6.07) is 6.56. The molecule has 98 valence electrons. The minimum atomic E-state index is -1.04. The van der Waals surface area contributed by atoms with Crippen LogP contribution in [0.1, 0.15) is 42.8 Å². The lowest BCUT2D eigenvalue weighted by atomic mass is 9.82. The van der Waals surface area contributed by atoms with E-state index < -0.39 is 17.5 Å². The molecule has 0 amide bonds. The Morgan fingerprint density at radius 3 is 2.11 bits per heavy atom. The lowest BCUT2D eigenvalue weighted by molar-refractivity contribution is -0.157. The van der Waals surface area contributed by atoms with Crippen LogP contribution in [0.25, 0.3) is 0 Å². The average Bonchev–Trinajstić information content (AvgIpc) is 2.36. The molecule has 0 aliphatic rings. The second-order valence-electron chi connectivity index (χ2n) is 4.79. The van der Waals surface area contributed by atoms with Gasteiger partial charge in [-0.1, -0.05) is 24.3 Å². The van der Waals surface area contributed by atoms with Crippen molar-refractivity contribution in [3.05, 3.63) is 35.4 Å². The number of Topliss-reactive ketones (excluding diaryl/α,β-unsaturated/α-hetero) is 1. The molecule has 1 N–H and O–H groups in total. The summed E-state index contributed by atoms with van der Waals surface area (Å²) in [5.41, 5.74) is 0.115. The number of carbonyl (C=O) groups excluding carboxylic acids is 2. The van der Waals surface area contributed by atoms with Gasteiger partial charge in [0.2, 0.25) is 0 Å². The van der Waals surface area contributed by atoms with Crippen LogP contribution in [-0.2, 0) is 9.53 Å². The van der Waals surface area contributed by atoms with Crippen molar-refractivity contribution < 1.29 is 19.4 Å². The van der Waals surface area contributed by atoms with Gasteiger partial charge in [0, 0.05) is 5.56 Å². The molecule has 0 heterocycles. The van der Waals surface area contributed by atoms with Gasteiger partial charge in [0.05, 0.1) is 18.6 Å². The summed E-state index contributed by atoms with van der Waals surface area (Å²) in [7, 11) is 1.29. The summed E-state index contributed by atoms with van der Waals surface area (Å²) in [5, 5.41) is 10.2. The van der Waals surface area contributed by atoms with E-state index in [0.717, 1.165) is 0 Å². The van der Waals surface area contributed by atoms with E-state index in [1.165, 1.54) is 14.0 Å². The van der Waals surface area contributed by atoms with Gasteiger partial charge in [0.15, 0.2) is 5.78 Å². The predicted octanol–water partition coefficient (Wildman–Crippen LogP) is 2.12.